The second kappa shape index (κ2) is 18.8. The standard InChI is InChI=1S/C20H29F3N2O3.C18H25F3N2O3/c1-5-28-19(27)17(8-13(2)3)25-12-15(6-7-24-10-14(4)11-24)16(9-18(25)26)20(21,22)23;1-11(2)6-15(17(25)26)23-10-13(4-5-22-8-12(3)9-22)14(7-16(23)24)18(19,20)21/h9,12-14,17H,5-8,10-11H2,1-4H3;7,10-12,15H,4-6,8-9H2,1-3H3,(H,25,26). The van der Waals surface area contributed by atoms with Gasteiger partial charge in [-0.05, 0) is 67.4 Å². The van der Waals surface area contributed by atoms with Gasteiger partial charge in [0, 0.05) is 63.8 Å². The number of carboxylic acid groups (broad SMARTS) is 1. The molecule has 2 saturated heterocycles. The highest BCUT2D eigenvalue weighted by Gasteiger charge is 2.37. The van der Waals surface area contributed by atoms with Crippen molar-refractivity contribution in [2.75, 3.05) is 45.9 Å². The van der Waals surface area contributed by atoms with Crippen LogP contribution in [0.1, 0.15) is 95.6 Å². The van der Waals surface area contributed by atoms with Gasteiger partial charge in [-0.15, -0.1) is 0 Å². The van der Waals surface area contributed by atoms with Crippen molar-refractivity contribution in [2.24, 2.45) is 23.7 Å². The van der Waals surface area contributed by atoms with E-state index < -0.39 is 58.6 Å². The third kappa shape index (κ3) is 12.4. The third-order valence-corrected chi connectivity index (χ3v) is 9.52. The Balaban J connectivity index is 0.000000291. The summed E-state index contributed by atoms with van der Waals surface area (Å²) in [6.45, 7) is 17.7. The van der Waals surface area contributed by atoms with E-state index in [2.05, 4.69) is 18.7 Å². The van der Waals surface area contributed by atoms with Crippen molar-refractivity contribution in [3.05, 3.63) is 67.5 Å². The Morgan fingerprint density at radius 1 is 0.741 bits per heavy atom. The Kier molecular flexibility index (Phi) is 15.6. The van der Waals surface area contributed by atoms with Crippen LogP contribution in [0, 0.1) is 23.7 Å². The SMILES string of the molecule is CC(C)CC(C(=O)O)n1cc(CCN2CC(C)C2)c(C(F)(F)F)cc1=O.CCOC(=O)C(CC(C)C)n1cc(CCN2CC(C)C2)c(C(F)(F)F)cc1=O. The molecule has 1 N–H and O–H groups in total. The van der Waals surface area contributed by atoms with Gasteiger partial charge in [-0.1, -0.05) is 41.5 Å². The first-order valence-corrected chi connectivity index (χ1v) is 18.5. The van der Waals surface area contributed by atoms with Crippen LogP contribution in [0.15, 0.2) is 34.1 Å². The molecule has 0 saturated carbocycles. The highest BCUT2D eigenvalue weighted by Crippen LogP contribution is 2.34. The Morgan fingerprint density at radius 2 is 1.11 bits per heavy atom. The molecule has 0 amide bonds. The summed E-state index contributed by atoms with van der Waals surface area (Å²) in [5.74, 6) is -0.682. The van der Waals surface area contributed by atoms with Gasteiger partial charge in [0.05, 0.1) is 17.7 Å². The normalized spacial score (nSPS) is 17.1. The Labute approximate surface area is 312 Å². The van der Waals surface area contributed by atoms with Crippen molar-refractivity contribution < 1.29 is 45.8 Å². The number of aliphatic carboxylic acids is 1. The molecule has 2 aromatic rings. The van der Waals surface area contributed by atoms with Crippen molar-refractivity contribution >= 4 is 11.9 Å². The van der Waals surface area contributed by atoms with E-state index in [-0.39, 0.29) is 48.8 Å². The zero-order valence-corrected chi connectivity index (χ0v) is 32.1. The van der Waals surface area contributed by atoms with Crippen molar-refractivity contribution in [1.29, 1.82) is 0 Å². The lowest BCUT2D eigenvalue weighted by Gasteiger charge is -2.37. The lowest BCUT2D eigenvalue weighted by atomic mass is 9.99. The molecule has 2 aliphatic rings. The number of alkyl halides is 6. The van der Waals surface area contributed by atoms with Gasteiger partial charge in [0.15, 0.2) is 0 Å². The number of hydrogen-bond acceptors (Lipinski definition) is 7. The van der Waals surface area contributed by atoms with Crippen molar-refractivity contribution in [1.82, 2.24) is 18.9 Å². The fourth-order valence-corrected chi connectivity index (χ4v) is 6.96. The smallest absolute Gasteiger partial charge is 0.416 e. The minimum atomic E-state index is -4.65. The van der Waals surface area contributed by atoms with E-state index >= 15 is 0 Å². The second-order valence-electron chi connectivity index (χ2n) is 15.5. The summed E-state index contributed by atoms with van der Waals surface area (Å²) in [6.07, 6.45) is -6.19. The molecule has 0 bridgehead atoms. The number of halogens is 6. The number of carboxylic acids is 1. The van der Waals surface area contributed by atoms with E-state index in [1.165, 1.54) is 6.20 Å². The molecule has 2 fully saturated rings. The molecule has 2 unspecified atom stereocenters. The number of carbonyl (C=O) groups excluding carboxylic acids is 1. The molecule has 0 radical (unpaired) electrons. The van der Waals surface area contributed by atoms with E-state index in [9.17, 15) is 50.6 Å². The first-order chi connectivity index (χ1) is 25.0. The maximum atomic E-state index is 13.5. The monoisotopic (exact) mass is 776 g/mol. The molecule has 54 heavy (non-hydrogen) atoms. The molecule has 2 aromatic heterocycles. The van der Waals surface area contributed by atoms with Crippen LogP contribution < -0.4 is 11.1 Å². The molecule has 4 heterocycles. The molecule has 304 valence electrons. The number of pyridine rings is 2. The summed E-state index contributed by atoms with van der Waals surface area (Å²) in [6, 6.07) is -0.963. The molecule has 0 spiro atoms. The average molecular weight is 777 g/mol. The maximum absolute atomic E-state index is 13.5. The van der Waals surface area contributed by atoms with Crippen LogP contribution >= 0.6 is 0 Å². The van der Waals surface area contributed by atoms with Crippen molar-refractivity contribution in [3.63, 3.8) is 0 Å². The van der Waals surface area contributed by atoms with Crippen LogP contribution in [0.3, 0.4) is 0 Å². The van der Waals surface area contributed by atoms with Gasteiger partial charge in [-0.2, -0.15) is 26.3 Å². The van der Waals surface area contributed by atoms with Gasteiger partial charge in [-0.25, -0.2) is 9.59 Å². The van der Waals surface area contributed by atoms with Crippen LogP contribution in [0.25, 0.3) is 0 Å². The van der Waals surface area contributed by atoms with E-state index in [0.29, 0.717) is 43.5 Å². The first kappa shape index (κ1) is 44.7. The second-order valence-corrected chi connectivity index (χ2v) is 15.5. The maximum Gasteiger partial charge on any atom is 0.416 e. The van der Waals surface area contributed by atoms with E-state index in [1.807, 2.05) is 18.7 Å². The number of carbonyl (C=O) groups is 2. The van der Waals surface area contributed by atoms with Gasteiger partial charge in [0.2, 0.25) is 0 Å². The summed E-state index contributed by atoms with van der Waals surface area (Å²) in [4.78, 5) is 52.7. The Morgan fingerprint density at radius 3 is 1.43 bits per heavy atom. The highest BCUT2D eigenvalue weighted by molar-refractivity contribution is 5.74. The molecule has 16 heteroatoms. The van der Waals surface area contributed by atoms with Gasteiger partial charge in [0.25, 0.3) is 11.1 Å². The van der Waals surface area contributed by atoms with Crippen LogP contribution in [0.5, 0.6) is 0 Å². The summed E-state index contributed by atoms with van der Waals surface area (Å²) in [5, 5.41) is 9.42. The van der Waals surface area contributed by atoms with Crippen molar-refractivity contribution in [3.8, 4) is 0 Å². The predicted molar refractivity (Wildman–Crippen MR) is 191 cm³/mol. The van der Waals surface area contributed by atoms with Crippen LogP contribution in [0.2, 0.25) is 0 Å². The fourth-order valence-electron chi connectivity index (χ4n) is 6.96. The average Bonchev–Trinajstić information content (AvgIpc) is 3.02. The highest BCUT2D eigenvalue weighted by atomic mass is 19.4. The van der Waals surface area contributed by atoms with Crippen molar-refractivity contribution in [2.45, 2.75) is 98.6 Å². The molecule has 4 rings (SSSR count). The number of likely N-dealkylation sites (tertiary alicyclic amines) is 2. The number of aromatic nitrogens is 2. The van der Waals surface area contributed by atoms with Crippen LogP contribution in [-0.2, 0) is 39.5 Å². The number of ether oxygens (including phenoxy) is 1. The molecule has 0 aliphatic carbocycles. The van der Waals surface area contributed by atoms with E-state index in [4.69, 9.17) is 4.74 Å². The zero-order chi connectivity index (χ0) is 40.7. The number of hydrogen-bond donors (Lipinski definition) is 1. The van der Waals surface area contributed by atoms with Gasteiger partial charge in [0.1, 0.15) is 12.1 Å². The lowest BCUT2D eigenvalue weighted by molar-refractivity contribution is -0.148. The molecule has 0 aromatic carbocycles. The minimum Gasteiger partial charge on any atom is -0.480 e. The molecule has 10 nitrogen and oxygen atoms in total. The minimum absolute atomic E-state index is 0.0173. The largest absolute Gasteiger partial charge is 0.480 e. The summed E-state index contributed by atoms with van der Waals surface area (Å²) >= 11 is 0. The Bertz CT molecular complexity index is 1690. The summed E-state index contributed by atoms with van der Waals surface area (Å²) in [7, 11) is 0. The number of nitrogens with zero attached hydrogens (tertiary/aromatic N) is 4. The molecule has 2 aliphatic heterocycles. The summed E-state index contributed by atoms with van der Waals surface area (Å²) < 4.78 is 87.5. The van der Waals surface area contributed by atoms with Gasteiger partial charge >= 0.3 is 24.3 Å². The number of esters is 1. The topological polar surface area (TPSA) is 114 Å². The zero-order valence-electron chi connectivity index (χ0n) is 32.1. The molecular weight excluding hydrogens is 722 g/mol. The number of rotatable bonds is 15. The summed E-state index contributed by atoms with van der Waals surface area (Å²) in [5.41, 5.74) is -3.68. The Hall–Kier alpha value is -3.66. The predicted octanol–water partition coefficient (Wildman–Crippen LogP) is 6.54. The molecule has 2 atom stereocenters. The quantitative estimate of drug-likeness (QED) is 0.160. The first-order valence-electron chi connectivity index (χ1n) is 18.5. The lowest BCUT2D eigenvalue weighted by Crippen LogP contribution is -2.46. The third-order valence-electron chi connectivity index (χ3n) is 9.52. The fraction of sp³-hybridized carbons (Fsp3) is 0.684. The van der Waals surface area contributed by atoms with Crippen LogP contribution in [-0.4, -0.2) is 81.9 Å². The van der Waals surface area contributed by atoms with E-state index in [1.54, 1.807) is 20.8 Å². The van der Waals surface area contributed by atoms with Crippen LogP contribution in [0.4, 0.5) is 26.3 Å². The van der Waals surface area contributed by atoms with Gasteiger partial charge < -0.3 is 28.8 Å². The molecular formula is C38H54F6N4O6. The van der Waals surface area contributed by atoms with Gasteiger partial charge in [-0.3, -0.25) is 9.59 Å². The van der Waals surface area contributed by atoms with E-state index in [0.717, 1.165) is 41.5 Å².